The Balaban J connectivity index is 1.27. The summed E-state index contributed by atoms with van der Waals surface area (Å²) in [5.74, 6) is -2.20. The van der Waals surface area contributed by atoms with E-state index in [1.54, 1.807) is 29.2 Å². The molecule has 1 aliphatic rings. The number of aromatic amines is 1. The molecule has 6 nitrogen and oxygen atoms in total. The number of anilines is 1. The minimum atomic E-state index is -2.67. The van der Waals surface area contributed by atoms with E-state index in [4.69, 9.17) is 0 Å². The molecule has 0 bridgehead atoms. The fourth-order valence-electron chi connectivity index (χ4n) is 4.87. The molecule has 0 saturated carbocycles. The first-order valence-electron chi connectivity index (χ1n) is 13.1. The highest BCUT2D eigenvalue weighted by Crippen LogP contribution is 2.32. The average Bonchev–Trinajstić information content (AvgIpc) is 3.64. The number of thiophene rings is 1. The summed E-state index contributed by atoms with van der Waals surface area (Å²) in [5, 5.41) is 5.69. The average molecular weight is 603 g/mol. The number of halogens is 2. The summed E-state index contributed by atoms with van der Waals surface area (Å²) in [7, 11) is 1.77. The summed E-state index contributed by atoms with van der Waals surface area (Å²) in [6.45, 7) is 1.22. The van der Waals surface area contributed by atoms with Crippen molar-refractivity contribution in [1.82, 2.24) is 15.2 Å². The van der Waals surface area contributed by atoms with E-state index in [2.05, 4.69) is 10.3 Å². The van der Waals surface area contributed by atoms with Crippen molar-refractivity contribution in [3.8, 4) is 0 Å². The van der Waals surface area contributed by atoms with Crippen LogP contribution in [0.4, 0.5) is 14.5 Å². The molecule has 5 rings (SSSR count). The molecular weight excluding hydrogens is 571 g/mol. The SMILES string of the molecule is CN(c1cccc2cc(C(=O)NCC(CN3CCCC(F)(F)C3)SCc3ccccc3)[nH]c12)[S+]([O-])c1cccs1. The second-order valence-corrected chi connectivity index (χ2v) is 13.9. The van der Waals surface area contributed by atoms with E-state index in [1.807, 2.05) is 70.9 Å². The molecule has 2 aromatic carbocycles. The van der Waals surface area contributed by atoms with Gasteiger partial charge in [-0.1, -0.05) is 53.8 Å². The zero-order valence-electron chi connectivity index (χ0n) is 22.1. The molecule has 2 N–H and O–H groups in total. The molecule has 3 heterocycles. The third kappa shape index (κ3) is 7.19. The Kier molecular flexibility index (Phi) is 9.37. The van der Waals surface area contributed by atoms with Crippen LogP contribution in [0.25, 0.3) is 10.9 Å². The van der Waals surface area contributed by atoms with Gasteiger partial charge < -0.3 is 14.9 Å². The molecule has 0 radical (unpaired) electrons. The van der Waals surface area contributed by atoms with Gasteiger partial charge in [0.15, 0.2) is 0 Å². The third-order valence-electron chi connectivity index (χ3n) is 6.89. The van der Waals surface area contributed by atoms with Crippen molar-refractivity contribution < 1.29 is 18.1 Å². The molecule has 1 fully saturated rings. The molecule has 0 spiro atoms. The summed E-state index contributed by atoms with van der Waals surface area (Å²) < 4.78 is 43.6. The summed E-state index contributed by atoms with van der Waals surface area (Å²) in [5.41, 5.74) is 3.00. The maximum absolute atomic E-state index is 14.1. The number of aromatic nitrogens is 1. The lowest BCUT2D eigenvalue weighted by Crippen LogP contribution is -2.47. The Hall–Kier alpha value is -2.57. The molecular formula is C29H32F2N4O2S3. The number of carbonyl (C=O) groups excluding carboxylic acids is 1. The van der Waals surface area contributed by atoms with Crippen LogP contribution in [0.2, 0.25) is 0 Å². The van der Waals surface area contributed by atoms with E-state index in [0.717, 1.165) is 32.1 Å². The number of carbonyl (C=O) groups is 1. The van der Waals surface area contributed by atoms with Crippen molar-refractivity contribution in [2.24, 2.45) is 0 Å². The molecule has 2 aromatic heterocycles. The summed E-state index contributed by atoms with van der Waals surface area (Å²) in [4.78, 5) is 18.3. The highest BCUT2D eigenvalue weighted by atomic mass is 32.2. The number of likely N-dealkylation sites (tertiary alicyclic amines) is 1. The van der Waals surface area contributed by atoms with Crippen LogP contribution in [0.3, 0.4) is 0 Å². The Morgan fingerprint density at radius 3 is 2.80 bits per heavy atom. The van der Waals surface area contributed by atoms with Gasteiger partial charge in [0.2, 0.25) is 4.21 Å². The lowest BCUT2D eigenvalue weighted by Gasteiger charge is -2.34. The van der Waals surface area contributed by atoms with Gasteiger partial charge in [-0.15, -0.1) is 0 Å². The standard InChI is InChI=1S/C29H32F2N4O2S3/c1-34(40(37)26-12-6-15-38-26)25-11-5-10-22-16-24(33-27(22)25)28(36)32-17-23(39-19-21-8-3-2-4-9-21)18-35-14-7-13-29(30,31)20-35/h2-6,8-12,15-16,23,33H,7,13-14,17-20H2,1H3,(H,32,36). The summed E-state index contributed by atoms with van der Waals surface area (Å²) in [6, 6.07) is 21.2. The molecule has 212 valence electrons. The Labute approximate surface area is 244 Å². The van der Waals surface area contributed by atoms with Crippen LogP contribution in [0.15, 0.2) is 76.3 Å². The van der Waals surface area contributed by atoms with E-state index in [0.29, 0.717) is 31.7 Å². The zero-order chi connectivity index (χ0) is 28.1. The second kappa shape index (κ2) is 12.9. The van der Waals surface area contributed by atoms with Gasteiger partial charge in [-0.3, -0.25) is 9.69 Å². The number of piperidine rings is 1. The number of nitrogens with one attached hydrogen (secondary N) is 2. The first-order valence-corrected chi connectivity index (χ1v) is 16.2. The van der Waals surface area contributed by atoms with Crippen molar-refractivity contribution in [2.75, 3.05) is 37.5 Å². The molecule has 4 aromatic rings. The van der Waals surface area contributed by atoms with E-state index < -0.39 is 17.3 Å². The molecule has 2 atom stereocenters. The van der Waals surface area contributed by atoms with Gasteiger partial charge in [0.05, 0.1) is 19.1 Å². The van der Waals surface area contributed by atoms with E-state index in [-0.39, 0.29) is 24.1 Å². The van der Waals surface area contributed by atoms with Crippen LogP contribution in [0.5, 0.6) is 0 Å². The van der Waals surface area contributed by atoms with Crippen molar-refractivity contribution >= 4 is 57.0 Å². The molecule has 1 amide bonds. The molecule has 1 saturated heterocycles. The van der Waals surface area contributed by atoms with Gasteiger partial charge in [0.1, 0.15) is 22.7 Å². The van der Waals surface area contributed by atoms with Crippen LogP contribution in [-0.4, -0.2) is 64.7 Å². The highest BCUT2D eigenvalue weighted by Gasteiger charge is 2.35. The molecule has 2 unspecified atom stereocenters. The van der Waals surface area contributed by atoms with Crippen LogP contribution in [0, 0.1) is 0 Å². The number of hydrogen-bond donors (Lipinski definition) is 2. The van der Waals surface area contributed by atoms with Gasteiger partial charge in [0, 0.05) is 42.0 Å². The number of benzene rings is 2. The van der Waals surface area contributed by atoms with E-state index in [1.165, 1.54) is 11.3 Å². The first-order chi connectivity index (χ1) is 19.3. The van der Waals surface area contributed by atoms with Crippen LogP contribution >= 0.6 is 23.1 Å². The lowest BCUT2D eigenvalue weighted by atomic mass is 10.1. The predicted octanol–water partition coefficient (Wildman–Crippen LogP) is 6.15. The van der Waals surface area contributed by atoms with E-state index in [9.17, 15) is 18.1 Å². The first kappa shape index (κ1) is 28.9. The monoisotopic (exact) mass is 602 g/mol. The van der Waals surface area contributed by atoms with E-state index >= 15 is 0 Å². The van der Waals surface area contributed by atoms with Crippen LogP contribution < -0.4 is 9.62 Å². The van der Waals surface area contributed by atoms with Crippen molar-refractivity contribution in [3.63, 3.8) is 0 Å². The van der Waals surface area contributed by atoms with Gasteiger partial charge in [-0.25, -0.2) is 8.78 Å². The Morgan fingerprint density at radius 1 is 1.23 bits per heavy atom. The lowest BCUT2D eigenvalue weighted by molar-refractivity contribution is -0.0635. The summed E-state index contributed by atoms with van der Waals surface area (Å²) >= 11 is 1.73. The normalized spacial score (nSPS) is 17.0. The minimum absolute atomic E-state index is 0.0580. The Bertz CT molecular complexity index is 1400. The minimum Gasteiger partial charge on any atom is -0.587 e. The number of hydrogen-bond acceptors (Lipinski definition) is 6. The maximum Gasteiger partial charge on any atom is 0.267 e. The second-order valence-electron chi connectivity index (χ2n) is 9.93. The molecule has 40 heavy (non-hydrogen) atoms. The smallest absolute Gasteiger partial charge is 0.267 e. The van der Waals surface area contributed by atoms with Crippen molar-refractivity contribution in [1.29, 1.82) is 0 Å². The zero-order valence-corrected chi connectivity index (χ0v) is 24.6. The number of amides is 1. The number of alkyl halides is 2. The largest absolute Gasteiger partial charge is 0.587 e. The number of para-hydroxylation sites is 1. The number of rotatable bonds is 11. The fraction of sp³-hybridized carbons (Fsp3) is 0.345. The molecule has 11 heteroatoms. The molecule has 1 aliphatic heterocycles. The quantitative estimate of drug-likeness (QED) is 0.202. The van der Waals surface area contributed by atoms with Gasteiger partial charge in [0.25, 0.3) is 11.8 Å². The van der Waals surface area contributed by atoms with Gasteiger partial charge in [-0.2, -0.15) is 16.1 Å². The van der Waals surface area contributed by atoms with Gasteiger partial charge >= 0.3 is 0 Å². The predicted molar refractivity (Wildman–Crippen MR) is 162 cm³/mol. The van der Waals surface area contributed by atoms with Crippen molar-refractivity contribution in [2.45, 2.75) is 34.0 Å². The molecule has 0 aliphatic carbocycles. The summed E-state index contributed by atoms with van der Waals surface area (Å²) in [6.07, 6.45) is 0.402. The Morgan fingerprint density at radius 2 is 2.05 bits per heavy atom. The van der Waals surface area contributed by atoms with Gasteiger partial charge in [-0.05, 0) is 42.1 Å². The number of fused-ring (bicyclic) bond motifs is 1. The fourth-order valence-corrected chi connectivity index (χ4v) is 8.08. The number of nitrogens with zero attached hydrogens (tertiary/aromatic N) is 2. The highest BCUT2D eigenvalue weighted by molar-refractivity contribution is 7.99. The number of thioether (sulfide) groups is 1. The van der Waals surface area contributed by atoms with Crippen LogP contribution in [0.1, 0.15) is 28.9 Å². The van der Waals surface area contributed by atoms with Crippen LogP contribution in [-0.2, 0) is 17.1 Å². The number of H-pyrrole nitrogens is 1. The maximum atomic E-state index is 14.1. The van der Waals surface area contributed by atoms with Crippen molar-refractivity contribution in [3.05, 3.63) is 83.4 Å². The topological polar surface area (TPSA) is 74.4 Å². The third-order valence-corrected chi connectivity index (χ3v) is 10.7.